The van der Waals surface area contributed by atoms with Crippen LogP contribution in [0.5, 0.6) is 0 Å². The Hall–Kier alpha value is -1.59. The lowest BCUT2D eigenvalue weighted by molar-refractivity contribution is -0.145. The molecule has 1 aliphatic heterocycles. The van der Waals surface area contributed by atoms with E-state index in [2.05, 4.69) is 0 Å². The van der Waals surface area contributed by atoms with Gasteiger partial charge < -0.3 is 14.9 Å². The molecule has 21 heavy (non-hydrogen) atoms. The average Bonchev–Trinajstić information content (AvgIpc) is 3.26. The second-order valence-electron chi connectivity index (χ2n) is 6.14. The predicted molar refractivity (Wildman–Crippen MR) is 76.6 cm³/mol. The highest BCUT2D eigenvalue weighted by molar-refractivity contribution is 5.85. The summed E-state index contributed by atoms with van der Waals surface area (Å²) in [5, 5.41) is 9.01. The van der Waals surface area contributed by atoms with Gasteiger partial charge in [-0.25, -0.2) is 0 Å². The summed E-state index contributed by atoms with van der Waals surface area (Å²) in [6.07, 6.45) is 5.25. The van der Waals surface area contributed by atoms with Gasteiger partial charge in [0.25, 0.3) is 0 Å². The SMILES string of the molecule is CC(CN(C(=O)CN1CCCCCC1=O)C1CC1)C(=O)O. The van der Waals surface area contributed by atoms with Gasteiger partial charge in [-0.3, -0.25) is 14.4 Å². The van der Waals surface area contributed by atoms with E-state index in [0.717, 1.165) is 32.1 Å². The Morgan fingerprint density at radius 3 is 2.67 bits per heavy atom. The third-order valence-corrected chi connectivity index (χ3v) is 4.20. The van der Waals surface area contributed by atoms with Crippen LogP contribution >= 0.6 is 0 Å². The monoisotopic (exact) mass is 296 g/mol. The summed E-state index contributed by atoms with van der Waals surface area (Å²) in [5.74, 6) is -1.53. The van der Waals surface area contributed by atoms with Crippen molar-refractivity contribution < 1.29 is 19.5 Å². The van der Waals surface area contributed by atoms with Crippen LogP contribution < -0.4 is 0 Å². The molecule has 6 nitrogen and oxygen atoms in total. The molecule has 2 fully saturated rings. The maximum atomic E-state index is 12.4. The van der Waals surface area contributed by atoms with Crippen LogP contribution in [-0.4, -0.2) is 58.4 Å². The van der Waals surface area contributed by atoms with Crippen LogP contribution in [0.2, 0.25) is 0 Å². The van der Waals surface area contributed by atoms with Crippen molar-refractivity contribution in [1.29, 1.82) is 0 Å². The number of carboxylic acid groups (broad SMARTS) is 1. The van der Waals surface area contributed by atoms with E-state index in [1.54, 1.807) is 16.7 Å². The maximum absolute atomic E-state index is 12.4. The quantitative estimate of drug-likeness (QED) is 0.796. The molecule has 2 aliphatic rings. The fourth-order valence-electron chi connectivity index (χ4n) is 2.67. The van der Waals surface area contributed by atoms with Gasteiger partial charge in [-0.05, 0) is 25.7 Å². The van der Waals surface area contributed by atoms with Crippen molar-refractivity contribution in [2.45, 2.75) is 51.5 Å². The molecule has 0 aromatic heterocycles. The summed E-state index contributed by atoms with van der Waals surface area (Å²) in [5.41, 5.74) is 0. The van der Waals surface area contributed by atoms with Gasteiger partial charge in [0.15, 0.2) is 0 Å². The van der Waals surface area contributed by atoms with Crippen molar-refractivity contribution in [3.8, 4) is 0 Å². The zero-order valence-electron chi connectivity index (χ0n) is 12.6. The number of carbonyl (C=O) groups excluding carboxylic acids is 2. The molecule has 1 unspecified atom stereocenters. The van der Waals surface area contributed by atoms with Crippen LogP contribution in [0.3, 0.4) is 0 Å². The number of hydrogen-bond acceptors (Lipinski definition) is 3. The summed E-state index contributed by atoms with van der Waals surface area (Å²) in [4.78, 5) is 38.7. The fraction of sp³-hybridized carbons (Fsp3) is 0.800. The molecule has 0 radical (unpaired) electrons. The summed E-state index contributed by atoms with van der Waals surface area (Å²) < 4.78 is 0. The number of rotatable bonds is 6. The first-order valence-corrected chi connectivity index (χ1v) is 7.79. The topological polar surface area (TPSA) is 77.9 Å². The number of nitrogens with zero attached hydrogens (tertiary/aromatic N) is 2. The van der Waals surface area contributed by atoms with E-state index in [9.17, 15) is 14.4 Å². The van der Waals surface area contributed by atoms with Crippen LogP contribution in [0.4, 0.5) is 0 Å². The summed E-state index contributed by atoms with van der Waals surface area (Å²) in [6.45, 7) is 2.59. The van der Waals surface area contributed by atoms with Crippen LogP contribution in [-0.2, 0) is 14.4 Å². The molecule has 1 saturated heterocycles. The molecular formula is C15H24N2O4. The summed E-state index contributed by atoms with van der Waals surface area (Å²) in [6, 6.07) is 0.168. The third kappa shape index (κ3) is 4.44. The number of hydrogen-bond donors (Lipinski definition) is 1. The standard InChI is InChI=1S/C15H24N2O4/c1-11(15(20)21)9-17(12-6-7-12)14(19)10-16-8-4-2-3-5-13(16)18/h11-12H,2-10H2,1H3,(H,20,21). The minimum absolute atomic E-state index is 0.0443. The Morgan fingerprint density at radius 1 is 1.33 bits per heavy atom. The van der Waals surface area contributed by atoms with E-state index in [1.165, 1.54) is 0 Å². The Morgan fingerprint density at radius 2 is 2.05 bits per heavy atom. The molecule has 2 amide bonds. The molecule has 1 aliphatic carbocycles. The highest BCUT2D eigenvalue weighted by atomic mass is 16.4. The van der Waals surface area contributed by atoms with E-state index >= 15 is 0 Å². The van der Waals surface area contributed by atoms with E-state index in [0.29, 0.717) is 13.0 Å². The highest BCUT2D eigenvalue weighted by Gasteiger charge is 2.35. The van der Waals surface area contributed by atoms with Crippen molar-refractivity contribution in [1.82, 2.24) is 9.80 Å². The van der Waals surface area contributed by atoms with Crippen molar-refractivity contribution >= 4 is 17.8 Å². The number of carbonyl (C=O) groups is 3. The van der Waals surface area contributed by atoms with Gasteiger partial charge >= 0.3 is 5.97 Å². The minimum Gasteiger partial charge on any atom is -0.481 e. The molecule has 1 heterocycles. The number of aliphatic carboxylic acids is 1. The van der Waals surface area contributed by atoms with Crippen molar-refractivity contribution in [3.05, 3.63) is 0 Å². The molecule has 0 aromatic carbocycles. The summed E-state index contributed by atoms with van der Waals surface area (Å²) >= 11 is 0. The Bertz CT molecular complexity index is 420. The largest absolute Gasteiger partial charge is 0.481 e. The van der Waals surface area contributed by atoms with Gasteiger partial charge in [0.1, 0.15) is 0 Å². The van der Waals surface area contributed by atoms with Crippen LogP contribution in [0.15, 0.2) is 0 Å². The lowest BCUT2D eigenvalue weighted by Crippen LogP contribution is -2.45. The van der Waals surface area contributed by atoms with E-state index in [4.69, 9.17) is 5.11 Å². The summed E-state index contributed by atoms with van der Waals surface area (Å²) in [7, 11) is 0. The lowest BCUT2D eigenvalue weighted by atomic mass is 10.1. The molecule has 1 N–H and O–H groups in total. The molecule has 0 aromatic rings. The molecule has 0 bridgehead atoms. The zero-order chi connectivity index (χ0) is 15.4. The Balaban J connectivity index is 1.94. The first kappa shape index (κ1) is 15.8. The molecule has 1 saturated carbocycles. The molecule has 118 valence electrons. The van der Waals surface area contributed by atoms with Crippen molar-refractivity contribution in [2.24, 2.45) is 5.92 Å². The molecule has 1 atom stereocenters. The zero-order valence-corrected chi connectivity index (χ0v) is 12.6. The first-order valence-electron chi connectivity index (χ1n) is 7.79. The average molecular weight is 296 g/mol. The van der Waals surface area contributed by atoms with Crippen molar-refractivity contribution in [2.75, 3.05) is 19.6 Å². The van der Waals surface area contributed by atoms with E-state index in [-0.39, 0.29) is 30.9 Å². The highest BCUT2D eigenvalue weighted by Crippen LogP contribution is 2.28. The van der Waals surface area contributed by atoms with Crippen molar-refractivity contribution in [3.63, 3.8) is 0 Å². The van der Waals surface area contributed by atoms with Gasteiger partial charge in [-0.15, -0.1) is 0 Å². The van der Waals surface area contributed by atoms with Crippen LogP contribution in [0.25, 0.3) is 0 Å². The smallest absolute Gasteiger partial charge is 0.308 e. The molecule has 6 heteroatoms. The molecule has 2 rings (SSSR count). The van der Waals surface area contributed by atoms with Gasteiger partial charge in [-0.1, -0.05) is 13.3 Å². The van der Waals surface area contributed by atoms with Crippen LogP contribution in [0, 0.1) is 5.92 Å². The fourth-order valence-corrected chi connectivity index (χ4v) is 2.67. The predicted octanol–water partition coefficient (Wildman–Crippen LogP) is 1.10. The number of amides is 2. The number of carboxylic acids is 1. The van der Waals surface area contributed by atoms with Gasteiger partial charge in [0.05, 0.1) is 12.5 Å². The Kier molecular flexibility index (Phi) is 5.20. The molecule has 0 spiro atoms. The van der Waals surface area contributed by atoms with Gasteiger partial charge in [0, 0.05) is 25.6 Å². The normalized spacial score (nSPS) is 20.8. The van der Waals surface area contributed by atoms with Crippen LogP contribution in [0.1, 0.15) is 45.4 Å². The first-order chi connectivity index (χ1) is 9.99. The maximum Gasteiger partial charge on any atom is 0.308 e. The van der Waals surface area contributed by atoms with E-state index in [1.807, 2.05) is 0 Å². The second kappa shape index (κ2) is 6.91. The number of likely N-dealkylation sites (tertiary alicyclic amines) is 1. The minimum atomic E-state index is -0.890. The van der Waals surface area contributed by atoms with Gasteiger partial charge in [-0.2, -0.15) is 0 Å². The Labute approximate surface area is 125 Å². The third-order valence-electron chi connectivity index (χ3n) is 4.20. The van der Waals surface area contributed by atoms with E-state index < -0.39 is 11.9 Å². The lowest BCUT2D eigenvalue weighted by Gasteiger charge is -2.28. The second-order valence-corrected chi connectivity index (χ2v) is 6.14. The molecular weight excluding hydrogens is 272 g/mol. The van der Waals surface area contributed by atoms with Gasteiger partial charge in [0.2, 0.25) is 11.8 Å².